The average Bonchev–Trinajstić information content (AvgIpc) is 2.27. The highest BCUT2D eigenvalue weighted by Gasteiger charge is 2.00. The molecule has 2 heterocycles. The van der Waals surface area contributed by atoms with Crippen molar-refractivity contribution in [1.82, 2.24) is 9.97 Å². The standard InChI is InChI=1S/C6H3BrN2O2/c7-5-1-4-3(2-8-5)9-6(10)11-4/h1-2H,(H,9,10). The van der Waals surface area contributed by atoms with Gasteiger partial charge in [-0.05, 0) is 15.9 Å². The largest absolute Gasteiger partial charge is 0.417 e. The second-order valence-electron chi connectivity index (χ2n) is 2.02. The molecule has 0 aliphatic heterocycles. The third kappa shape index (κ3) is 1.07. The zero-order chi connectivity index (χ0) is 7.84. The monoisotopic (exact) mass is 214 g/mol. The Balaban J connectivity index is 2.92. The number of fused-ring (bicyclic) bond motifs is 1. The van der Waals surface area contributed by atoms with E-state index in [2.05, 4.69) is 25.9 Å². The topological polar surface area (TPSA) is 58.9 Å². The maximum atomic E-state index is 10.6. The van der Waals surface area contributed by atoms with Crippen LogP contribution in [-0.4, -0.2) is 9.97 Å². The molecule has 0 aliphatic carbocycles. The van der Waals surface area contributed by atoms with Crippen molar-refractivity contribution in [3.05, 3.63) is 27.4 Å². The molecule has 0 aliphatic rings. The second kappa shape index (κ2) is 2.20. The van der Waals surface area contributed by atoms with E-state index in [1.807, 2.05) is 0 Å². The third-order valence-corrected chi connectivity index (χ3v) is 1.71. The second-order valence-corrected chi connectivity index (χ2v) is 2.83. The van der Waals surface area contributed by atoms with Crippen LogP contribution in [0.5, 0.6) is 0 Å². The molecule has 1 N–H and O–H groups in total. The van der Waals surface area contributed by atoms with Crippen LogP contribution < -0.4 is 5.76 Å². The summed E-state index contributed by atoms with van der Waals surface area (Å²) in [6.45, 7) is 0. The fourth-order valence-corrected chi connectivity index (χ4v) is 1.14. The highest BCUT2D eigenvalue weighted by Crippen LogP contribution is 2.12. The van der Waals surface area contributed by atoms with Crippen LogP contribution in [0, 0.1) is 0 Å². The van der Waals surface area contributed by atoms with Gasteiger partial charge in [0.2, 0.25) is 0 Å². The van der Waals surface area contributed by atoms with Gasteiger partial charge < -0.3 is 4.42 Å². The van der Waals surface area contributed by atoms with Gasteiger partial charge in [0.25, 0.3) is 0 Å². The van der Waals surface area contributed by atoms with Crippen molar-refractivity contribution in [3.63, 3.8) is 0 Å². The van der Waals surface area contributed by atoms with Gasteiger partial charge in [0, 0.05) is 6.07 Å². The lowest BCUT2D eigenvalue weighted by Crippen LogP contribution is -1.92. The van der Waals surface area contributed by atoms with Gasteiger partial charge in [-0.3, -0.25) is 4.98 Å². The number of H-pyrrole nitrogens is 1. The molecule has 0 bridgehead atoms. The molecule has 0 aromatic carbocycles. The fourth-order valence-electron chi connectivity index (χ4n) is 0.827. The van der Waals surface area contributed by atoms with Crippen LogP contribution in [0.2, 0.25) is 0 Å². The van der Waals surface area contributed by atoms with E-state index in [0.29, 0.717) is 15.7 Å². The first-order chi connectivity index (χ1) is 5.25. The highest BCUT2D eigenvalue weighted by molar-refractivity contribution is 9.10. The van der Waals surface area contributed by atoms with E-state index in [9.17, 15) is 4.79 Å². The lowest BCUT2D eigenvalue weighted by Gasteiger charge is -1.85. The Morgan fingerprint density at radius 1 is 1.64 bits per heavy atom. The quantitative estimate of drug-likeness (QED) is 0.673. The van der Waals surface area contributed by atoms with Gasteiger partial charge in [-0.1, -0.05) is 0 Å². The number of nitrogens with one attached hydrogen (secondary N) is 1. The van der Waals surface area contributed by atoms with E-state index in [1.54, 1.807) is 6.07 Å². The Morgan fingerprint density at radius 3 is 3.27 bits per heavy atom. The Bertz CT molecular complexity index is 445. The zero-order valence-electron chi connectivity index (χ0n) is 5.30. The summed E-state index contributed by atoms with van der Waals surface area (Å²) in [4.78, 5) is 17.0. The average molecular weight is 215 g/mol. The van der Waals surface area contributed by atoms with Crippen LogP contribution in [0.15, 0.2) is 26.1 Å². The molecule has 5 heteroatoms. The summed E-state index contributed by atoms with van der Waals surface area (Å²) in [7, 11) is 0. The highest BCUT2D eigenvalue weighted by atomic mass is 79.9. The van der Waals surface area contributed by atoms with Crippen LogP contribution in [0.25, 0.3) is 11.1 Å². The maximum absolute atomic E-state index is 10.6. The molecule has 0 amide bonds. The van der Waals surface area contributed by atoms with Crippen molar-refractivity contribution in [3.8, 4) is 0 Å². The van der Waals surface area contributed by atoms with E-state index < -0.39 is 5.76 Å². The van der Waals surface area contributed by atoms with Gasteiger partial charge in [-0.2, -0.15) is 0 Å². The normalized spacial score (nSPS) is 10.6. The number of hydrogen-bond acceptors (Lipinski definition) is 3. The van der Waals surface area contributed by atoms with E-state index in [-0.39, 0.29) is 0 Å². The third-order valence-electron chi connectivity index (χ3n) is 1.27. The van der Waals surface area contributed by atoms with Crippen molar-refractivity contribution >= 4 is 27.0 Å². The summed E-state index contributed by atoms with van der Waals surface area (Å²) in [5.41, 5.74) is 1.12. The van der Waals surface area contributed by atoms with Crippen molar-refractivity contribution in [1.29, 1.82) is 0 Å². The number of nitrogens with zero attached hydrogens (tertiary/aromatic N) is 1. The molecule has 0 saturated carbocycles. The number of aromatic amines is 1. The summed E-state index contributed by atoms with van der Waals surface area (Å²) in [6, 6.07) is 1.63. The van der Waals surface area contributed by atoms with E-state index in [0.717, 1.165) is 0 Å². The van der Waals surface area contributed by atoms with Crippen LogP contribution in [0.3, 0.4) is 0 Å². The summed E-state index contributed by atoms with van der Waals surface area (Å²) in [5, 5.41) is 0. The lowest BCUT2D eigenvalue weighted by atomic mass is 10.4. The molecule has 11 heavy (non-hydrogen) atoms. The summed E-state index contributed by atoms with van der Waals surface area (Å²) in [5.74, 6) is -0.458. The van der Waals surface area contributed by atoms with Crippen LogP contribution in [0.4, 0.5) is 0 Å². The SMILES string of the molecule is O=c1[nH]c2cnc(Br)cc2o1. The number of rotatable bonds is 0. The van der Waals surface area contributed by atoms with Crippen LogP contribution in [0.1, 0.15) is 0 Å². The van der Waals surface area contributed by atoms with E-state index in [4.69, 9.17) is 4.42 Å². The summed E-state index contributed by atoms with van der Waals surface area (Å²) >= 11 is 3.15. The van der Waals surface area contributed by atoms with Crippen molar-refractivity contribution in [2.45, 2.75) is 0 Å². The minimum Gasteiger partial charge on any atom is -0.408 e. The van der Waals surface area contributed by atoms with Gasteiger partial charge in [-0.15, -0.1) is 0 Å². The van der Waals surface area contributed by atoms with Gasteiger partial charge in [0.15, 0.2) is 5.58 Å². The molecule has 0 fully saturated rings. The van der Waals surface area contributed by atoms with Gasteiger partial charge in [0.1, 0.15) is 10.1 Å². The number of halogens is 1. The van der Waals surface area contributed by atoms with Crippen molar-refractivity contribution in [2.24, 2.45) is 0 Å². The number of hydrogen-bond donors (Lipinski definition) is 1. The minimum atomic E-state index is -0.458. The Kier molecular flexibility index (Phi) is 1.32. The first kappa shape index (κ1) is 6.60. The number of pyridine rings is 1. The number of oxazole rings is 1. The fraction of sp³-hybridized carbons (Fsp3) is 0. The minimum absolute atomic E-state index is 0.458. The van der Waals surface area contributed by atoms with Crippen molar-refractivity contribution in [2.75, 3.05) is 0 Å². The van der Waals surface area contributed by atoms with E-state index in [1.165, 1.54) is 6.20 Å². The molecule has 0 spiro atoms. The lowest BCUT2D eigenvalue weighted by molar-refractivity contribution is 0.555. The molecular formula is C6H3BrN2O2. The van der Waals surface area contributed by atoms with Crippen LogP contribution >= 0.6 is 15.9 Å². The molecule has 2 aromatic rings. The summed E-state index contributed by atoms with van der Waals surface area (Å²) in [6.07, 6.45) is 1.53. The molecule has 2 rings (SSSR count). The molecule has 0 atom stereocenters. The van der Waals surface area contributed by atoms with Gasteiger partial charge in [0.05, 0.1) is 6.20 Å². The number of aromatic nitrogens is 2. The van der Waals surface area contributed by atoms with Gasteiger partial charge in [-0.25, -0.2) is 9.78 Å². The van der Waals surface area contributed by atoms with Crippen molar-refractivity contribution < 1.29 is 4.42 Å². The molecule has 0 saturated heterocycles. The Hall–Kier alpha value is -1.10. The van der Waals surface area contributed by atoms with Crippen LogP contribution in [-0.2, 0) is 0 Å². The molecule has 0 radical (unpaired) electrons. The summed E-state index contributed by atoms with van der Waals surface area (Å²) < 4.78 is 5.41. The zero-order valence-corrected chi connectivity index (χ0v) is 6.88. The predicted octanol–water partition coefficient (Wildman–Crippen LogP) is 1.28. The molecular weight excluding hydrogens is 212 g/mol. The Labute approximate surface area is 69.4 Å². The molecule has 4 nitrogen and oxygen atoms in total. The molecule has 56 valence electrons. The predicted molar refractivity (Wildman–Crippen MR) is 42.3 cm³/mol. The smallest absolute Gasteiger partial charge is 0.408 e. The first-order valence-electron chi connectivity index (χ1n) is 2.90. The van der Waals surface area contributed by atoms with E-state index >= 15 is 0 Å². The molecule has 2 aromatic heterocycles. The van der Waals surface area contributed by atoms with Gasteiger partial charge >= 0.3 is 5.76 Å². The molecule has 0 unspecified atom stereocenters. The Morgan fingerprint density at radius 2 is 2.45 bits per heavy atom. The first-order valence-corrected chi connectivity index (χ1v) is 3.69. The maximum Gasteiger partial charge on any atom is 0.417 e.